The maximum atomic E-state index is 10.7. The molecule has 3 atom stereocenters. The smallest absolute Gasteiger partial charge is 0.0659 e. The fourth-order valence-electron chi connectivity index (χ4n) is 2.65. The number of hydrogen-bond donors (Lipinski definition) is 1. The average Bonchev–Trinajstić information content (AvgIpc) is 2.85. The number of rotatable bonds is 6. The van der Waals surface area contributed by atoms with E-state index in [1.165, 1.54) is 10.4 Å². The van der Waals surface area contributed by atoms with Gasteiger partial charge < -0.3 is 5.11 Å². The second-order valence-corrected chi connectivity index (χ2v) is 7.24. The van der Waals surface area contributed by atoms with E-state index in [4.69, 9.17) is 0 Å². The number of aliphatic hydroxyl groups excluding tert-OH is 1. The number of hydrogen-bond acceptors (Lipinski definition) is 2. The molecule has 3 heteroatoms. The van der Waals surface area contributed by atoms with Crippen molar-refractivity contribution in [1.82, 2.24) is 0 Å². The van der Waals surface area contributed by atoms with E-state index in [0.29, 0.717) is 5.92 Å². The van der Waals surface area contributed by atoms with Gasteiger partial charge in [0, 0.05) is 27.1 Å². The Bertz CT molecular complexity index is 523. The van der Waals surface area contributed by atoms with Crippen molar-refractivity contribution < 1.29 is 5.11 Å². The quantitative estimate of drug-likeness (QED) is 0.753. The highest BCUT2D eigenvalue weighted by atomic mass is 79.9. The predicted octanol–water partition coefficient (Wildman–Crippen LogP) is 5.24. The Hall–Kier alpha value is -0.640. The fourth-order valence-corrected chi connectivity index (χ4v) is 4.16. The molecule has 0 saturated heterocycles. The molecule has 1 N–H and O–H groups in total. The molecule has 0 aliphatic heterocycles. The first-order valence-corrected chi connectivity index (χ1v) is 8.75. The van der Waals surface area contributed by atoms with Crippen molar-refractivity contribution in [2.75, 3.05) is 0 Å². The SMILES string of the molecule is CCC(C)C(c1ccccc1)C(O)Cc1cc(Br)cs1. The van der Waals surface area contributed by atoms with Gasteiger partial charge in [0.15, 0.2) is 0 Å². The predicted molar refractivity (Wildman–Crippen MR) is 90.4 cm³/mol. The van der Waals surface area contributed by atoms with Crippen LogP contribution in [-0.2, 0) is 6.42 Å². The molecule has 0 aliphatic rings. The largest absolute Gasteiger partial charge is 0.392 e. The normalized spacial score (nSPS) is 15.8. The first kappa shape index (κ1) is 15.7. The maximum Gasteiger partial charge on any atom is 0.0659 e. The van der Waals surface area contributed by atoms with Crippen LogP contribution in [0.15, 0.2) is 46.3 Å². The zero-order valence-electron chi connectivity index (χ0n) is 11.9. The van der Waals surface area contributed by atoms with Gasteiger partial charge in [0.25, 0.3) is 0 Å². The van der Waals surface area contributed by atoms with Crippen LogP contribution in [0.1, 0.15) is 36.6 Å². The van der Waals surface area contributed by atoms with Gasteiger partial charge in [-0.2, -0.15) is 0 Å². The molecule has 0 aliphatic carbocycles. The summed E-state index contributed by atoms with van der Waals surface area (Å²) in [7, 11) is 0. The molecule has 1 aromatic carbocycles. The Kier molecular flexibility index (Phi) is 5.82. The van der Waals surface area contributed by atoms with Crippen LogP contribution in [-0.4, -0.2) is 11.2 Å². The molecular weight excluding hydrogens is 332 g/mol. The highest BCUT2D eigenvalue weighted by Gasteiger charge is 2.26. The van der Waals surface area contributed by atoms with Crippen molar-refractivity contribution in [3.05, 3.63) is 56.7 Å². The van der Waals surface area contributed by atoms with Crippen LogP contribution in [0.3, 0.4) is 0 Å². The van der Waals surface area contributed by atoms with Gasteiger partial charge in [-0.1, -0.05) is 50.6 Å². The summed E-state index contributed by atoms with van der Waals surface area (Å²) in [6, 6.07) is 12.5. The van der Waals surface area contributed by atoms with Gasteiger partial charge in [-0.25, -0.2) is 0 Å². The van der Waals surface area contributed by atoms with Crippen LogP contribution in [0.4, 0.5) is 0 Å². The Morgan fingerprint density at radius 1 is 1.25 bits per heavy atom. The van der Waals surface area contributed by atoms with Gasteiger partial charge in [-0.3, -0.25) is 0 Å². The lowest BCUT2D eigenvalue weighted by molar-refractivity contribution is 0.118. The molecular formula is C17H21BrOS. The third-order valence-corrected chi connectivity index (χ3v) is 5.61. The number of halogens is 1. The van der Waals surface area contributed by atoms with Gasteiger partial charge in [0.05, 0.1) is 6.10 Å². The molecule has 1 heterocycles. The van der Waals surface area contributed by atoms with E-state index in [-0.39, 0.29) is 12.0 Å². The molecule has 0 saturated carbocycles. The first-order valence-electron chi connectivity index (χ1n) is 7.07. The summed E-state index contributed by atoms with van der Waals surface area (Å²) in [4.78, 5) is 1.23. The maximum absolute atomic E-state index is 10.7. The van der Waals surface area contributed by atoms with E-state index in [1.807, 2.05) is 6.07 Å². The Morgan fingerprint density at radius 3 is 2.50 bits per heavy atom. The lowest BCUT2D eigenvalue weighted by atomic mass is 9.80. The third kappa shape index (κ3) is 3.94. The molecule has 0 radical (unpaired) electrons. The topological polar surface area (TPSA) is 20.2 Å². The van der Waals surface area contributed by atoms with Crippen LogP contribution in [0.2, 0.25) is 0 Å². The number of aliphatic hydroxyl groups is 1. The van der Waals surface area contributed by atoms with Crippen molar-refractivity contribution in [1.29, 1.82) is 0 Å². The van der Waals surface area contributed by atoms with E-state index >= 15 is 0 Å². The summed E-state index contributed by atoms with van der Waals surface area (Å²) in [5, 5.41) is 12.8. The lowest BCUT2D eigenvalue weighted by Crippen LogP contribution is -2.26. The average molecular weight is 353 g/mol. The summed E-state index contributed by atoms with van der Waals surface area (Å²) in [6.45, 7) is 4.42. The van der Waals surface area contributed by atoms with Crippen LogP contribution in [0, 0.1) is 5.92 Å². The summed E-state index contributed by atoms with van der Waals surface area (Å²) in [5.41, 5.74) is 1.24. The van der Waals surface area contributed by atoms with Crippen LogP contribution in [0.5, 0.6) is 0 Å². The minimum absolute atomic E-state index is 0.196. The van der Waals surface area contributed by atoms with Crippen molar-refractivity contribution in [2.24, 2.45) is 5.92 Å². The van der Waals surface area contributed by atoms with Gasteiger partial charge >= 0.3 is 0 Å². The van der Waals surface area contributed by atoms with Gasteiger partial charge in [-0.05, 0) is 33.5 Å². The van der Waals surface area contributed by atoms with Crippen molar-refractivity contribution in [2.45, 2.75) is 38.7 Å². The molecule has 2 aromatic rings. The van der Waals surface area contributed by atoms with E-state index in [1.54, 1.807) is 11.3 Å². The van der Waals surface area contributed by atoms with Crippen LogP contribution < -0.4 is 0 Å². The van der Waals surface area contributed by atoms with E-state index in [0.717, 1.165) is 17.3 Å². The monoisotopic (exact) mass is 352 g/mol. The second kappa shape index (κ2) is 7.39. The molecule has 0 spiro atoms. The minimum atomic E-state index is -0.335. The zero-order chi connectivity index (χ0) is 14.5. The highest BCUT2D eigenvalue weighted by Crippen LogP contribution is 2.33. The lowest BCUT2D eigenvalue weighted by Gasteiger charge is -2.28. The summed E-state index contributed by atoms with van der Waals surface area (Å²) in [6.07, 6.45) is 1.46. The summed E-state index contributed by atoms with van der Waals surface area (Å²) < 4.78 is 1.10. The number of benzene rings is 1. The van der Waals surface area contributed by atoms with Crippen molar-refractivity contribution in [3.63, 3.8) is 0 Å². The van der Waals surface area contributed by atoms with Gasteiger partial charge in [0.1, 0.15) is 0 Å². The molecule has 0 fully saturated rings. The Morgan fingerprint density at radius 2 is 1.95 bits per heavy atom. The van der Waals surface area contributed by atoms with Crippen molar-refractivity contribution >= 4 is 27.3 Å². The van der Waals surface area contributed by atoms with Crippen LogP contribution in [0.25, 0.3) is 0 Å². The number of thiophene rings is 1. The van der Waals surface area contributed by atoms with E-state index < -0.39 is 0 Å². The fraction of sp³-hybridized carbons (Fsp3) is 0.412. The summed E-state index contributed by atoms with van der Waals surface area (Å²) >= 11 is 5.18. The molecule has 1 aromatic heterocycles. The Balaban J connectivity index is 2.18. The van der Waals surface area contributed by atoms with E-state index in [9.17, 15) is 5.11 Å². The molecule has 2 rings (SSSR count). The molecule has 20 heavy (non-hydrogen) atoms. The molecule has 3 unspecified atom stereocenters. The minimum Gasteiger partial charge on any atom is -0.392 e. The second-order valence-electron chi connectivity index (χ2n) is 5.32. The van der Waals surface area contributed by atoms with Gasteiger partial charge in [0.2, 0.25) is 0 Å². The van der Waals surface area contributed by atoms with E-state index in [2.05, 4.69) is 65.5 Å². The molecule has 0 bridgehead atoms. The Labute approximate surface area is 133 Å². The molecule has 1 nitrogen and oxygen atoms in total. The first-order chi connectivity index (χ1) is 9.61. The van der Waals surface area contributed by atoms with Crippen molar-refractivity contribution in [3.8, 4) is 0 Å². The third-order valence-electron chi connectivity index (χ3n) is 3.89. The highest BCUT2D eigenvalue weighted by molar-refractivity contribution is 9.10. The molecule has 108 valence electrons. The van der Waals surface area contributed by atoms with Gasteiger partial charge in [-0.15, -0.1) is 11.3 Å². The molecule has 0 amide bonds. The standard InChI is InChI=1S/C17H21BrOS/c1-3-12(2)17(13-7-5-4-6-8-13)16(19)10-15-9-14(18)11-20-15/h4-9,11-12,16-17,19H,3,10H2,1-2H3. The van der Waals surface area contributed by atoms with Crippen LogP contribution >= 0.6 is 27.3 Å². The zero-order valence-corrected chi connectivity index (χ0v) is 14.3. The summed E-state index contributed by atoms with van der Waals surface area (Å²) in [5.74, 6) is 0.665.